The Morgan fingerprint density at radius 1 is 1.38 bits per heavy atom. The number of hydrogen-bond donors (Lipinski definition) is 2. The predicted molar refractivity (Wildman–Crippen MR) is 84.5 cm³/mol. The lowest BCUT2D eigenvalue weighted by Crippen LogP contribution is -2.36. The SMILES string of the molecule is CC(C)CN(C1CC1)S(=O)(=O)c1c[nH]c2ccc(N)cc12. The first-order valence-corrected chi connectivity index (χ1v) is 8.72. The fourth-order valence-corrected chi connectivity index (χ4v) is 4.62. The van der Waals surface area contributed by atoms with E-state index in [2.05, 4.69) is 4.98 Å². The van der Waals surface area contributed by atoms with Crippen LogP contribution in [-0.2, 0) is 10.0 Å². The second-order valence-corrected chi connectivity index (χ2v) is 8.02. The Morgan fingerprint density at radius 3 is 2.71 bits per heavy atom. The lowest BCUT2D eigenvalue weighted by Gasteiger charge is -2.23. The van der Waals surface area contributed by atoms with E-state index >= 15 is 0 Å². The topological polar surface area (TPSA) is 79.2 Å². The average molecular weight is 307 g/mol. The third kappa shape index (κ3) is 2.65. The molecule has 0 saturated heterocycles. The molecule has 1 heterocycles. The molecule has 0 atom stereocenters. The number of benzene rings is 1. The maximum Gasteiger partial charge on any atom is 0.245 e. The van der Waals surface area contributed by atoms with E-state index in [-0.39, 0.29) is 6.04 Å². The third-order valence-corrected chi connectivity index (χ3v) is 5.71. The molecule has 0 aliphatic heterocycles. The van der Waals surface area contributed by atoms with Gasteiger partial charge in [-0.15, -0.1) is 0 Å². The summed E-state index contributed by atoms with van der Waals surface area (Å²) in [6, 6.07) is 5.46. The Bertz CT molecular complexity index is 760. The van der Waals surface area contributed by atoms with Crippen LogP contribution < -0.4 is 5.73 Å². The van der Waals surface area contributed by atoms with Gasteiger partial charge in [0, 0.05) is 35.4 Å². The molecule has 3 N–H and O–H groups in total. The van der Waals surface area contributed by atoms with Crippen LogP contribution in [-0.4, -0.2) is 30.3 Å². The van der Waals surface area contributed by atoms with Crippen LogP contribution in [0, 0.1) is 5.92 Å². The Balaban J connectivity index is 2.08. The fourth-order valence-electron chi connectivity index (χ4n) is 2.62. The normalized spacial score (nSPS) is 16.2. The van der Waals surface area contributed by atoms with Crippen molar-refractivity contribution in [3.63, 3.8) is 0 Å². The molecule has 0 amide bonds. The van der Waals surface area contributed by atoms with Gasteiger partial charge in [0.1, 0.15) is 4.90 Å². The zero-order valence-corrected chi connectivity index (χ0v) is 13.2. The Morgan fingerprint density at radius 2 is 2.10 bits per heavy atom. The molecular formula is C15H21N3O2S. The highest BCUT2D eigenvalue weighted by Crippen LogP contribution is 2.35. The van der Waals surface area contributed by atoms with Gasteiger partial charge < -0.3 is 10.7 Å². The molecule has 5 nitrogen and oxygen atoms in total. The summed E-state index contributed by atoms with van der Waals surface area (Å²) >= 11 is 0. The maximum atomic E-state index is 13.0. The zero-order valence-electron chi connectivity index (χ0n) is 12.3. The van der Waals surface area contributed by atoms with Gasteiger partial charge in [0.15, 0.2) is 0 Å². The second-order valence-electron chi connectivity index (χ2n) is 6.16. The number of H-pyrrole nitrogens is 1. The summed E-state index contributed by atoms with van der Waals surface area (Å²) in [4.78, 5) is 3.36. The molecule has 1 aliphatic carbocycles. The first kappa shape index (κ1) is 14.4. The van der Waals surface area contributed by atoms with Crippen molar-refractivity contribution in [2.45, 2.75) is 37.6 Å². The molecule has 114 valence electrons. The van der Waals surface area contributed by atoms with Gasteiger partial charge in [0.2, 0.25) is 10.0 Å². The summed E-state index contributed by atoms with van der Waals surface area (Å²) in [7, 11) is -3.49. The maximum absolute atomic E-state index is 13.0. The largest absolute Gasteiger partial charge is 0.399 e. The monoisotopic (exact) mass is 307 g/mol. The molecule has 6 heteroatoms. The summed E-state index contributed by atoms with van der Waals surface area (Å²) in [5.41, 5.74) is 7.17. The second kappa shape index (κ2) is 5.03. The van der Waals surface area contributed by atoms with Gasteiger partial charge in [-0.1, -0.05) is 13.8 Å². The van der Waals surface area contributed by atoms with Crippen molar-refractivity contribution < 1.29 is 8.42 Å². The van der Waals surface area contributed by atoms with Gasteiger partial charge in [-0.05, 0) is 37.0 Å². The highest BCUT2D eigenvalue weighted by Gasteiger charge is 2.39. The minimum absolute atomic E-state index is 0.156. The molecule has 0 bridgehead atoms. The van der Waals surface area contributed by atoms with E-state index in [9.17, 15) is 8.42 Å². The van der Waals surface area contributed by atoms with E-state index in [0.717, 1.165) is 18.4 Å². The first-order valence-electron chi connectivity index (χ1n) is 7.28. The van der Waals surface area contributed by atoms with E-state index in [0.29, 0.717) is 28.4 Å². The fraction of sp³-hybridized carbons (Fsp3) is 0.467. The Labute approximate surface area is 125 Å². The van der Waals surface area contributed by atoms with E-state index in [4.69, 9.17) is 5.73 Å². The summed E-state index contributed by atoms with van der Waals surface area (Å²) in [5, 5.41) is 0.671. The van der Waals surface area contributed by atoms with Crippen molar-refractivity contribution in [2.24, 2.45) is 5.92 Å². The van der Waals surface area contributed by atoms with Crippen LogP contribution in [0.2, 0.25) is 0 Å². The van der Waals surface area contributed by atoms with Crippen LogP contribution >= 0.6 is 0 Å². The summed E-state index contributed by atoms with van der Waals surface area (Å²) < 4.78 is 27.7. The third-order valence-electron chi connectivity index (χ3n) is 3.75. The van der Waals surface area contributed by atoms with Gasteiger partial charge in [-0.25, -0.2) is 8.42 Å². The minimum atomic E-state index is -3.49. The number of sulfonamides is 1. The molecule has 1 aliphatic rings. The predicted octanol–water partition coefficient (Wildman–Crippen LogP) is 2.56. The van der Waals surface area contributed by atoms with Crippen LogP contribution in [0.4, 0.5) is 5.69 Å². The van der Waals surface area contributed by atoms with E-state index in [1.165, 1.54) is 0 Å². The number of rotatable bonds is 5. The van der Waals surface area contributed by atoms with E-state index in [1.54, 1.807) is 22.6 Å². The van der Waals surface area contributed by atoms with E-state index < -0.39 is 10.0 Å². The van der Waals surface area contributed by atoms with Crippen LogP contribution in [0.1, 0.15) is 26.7 Å². The molecular weight excluding hydrogens is 286 g/mol. The van der Waals surface area contributed by atoms with Gasteiger partial charge in [-0.3, -0.25) is 0 Å². The number of nitrogens with zero attached hydrogens (tertiary/aromatic N) is 1. The van der Waals surface area contributed by atoms with Crippen LogP contribution in [0.15, 0.2) is 29.3 Å². The van der Waals surface area contributed by atoms with Crippen LogP contribution in [0.5, 0.6) is 0 Å². The molecule has 1 aromatic heterocycles. The van der Waals surface area contributed by atoms with Crippen molar-refractivity contribution in [1.82, 2.24) is 9.29 Å². The summed E-state index contributed by atoms with van der Waals surface area (Å²) in [6.45, 7) is 4.64. The molecule has 0 unspecified atom stereocenters. The van der Waals surface area contributed by atoms with Crippen LogP contribution in [0.25, 0.3) is 10.9 Å². The number of aromatic amines is 1. The number of fused-ring (bicyclic) bond motifs is 1. The van der Waals surface area contributed by atoms with Gasteiger partial charge in [-0.2, -0.15) is 4.31 Å². The van der Waals surface area contributed by atoms with Crippen molar-refractivity contribution in [1.29, 1.82) is 0 Å². The Hall–Kier alpha value is -1.53. The quantitative estimate of drug-likeness (QED) is 0.833. The molecule has 1 fully saturated rings. The molecule has 3 rings (SSSR count). The summed E-state index contributed by atoms with van der Waals surface area (Å²) in [6.07, 6.45) is 3.49. The first-order chi connectivity index (χ1) is 9.89. The Kier molecular flexibility index (Phi) is 3.45. The smallest absolute Gasteiger partial charge is 0.245 e. The minimum Gasteiger partial charge on any atom is -0.399 e. The van der Waals surface area contributed by atoms with E-state index in [1.807, 2.05) is 19.9 Å². The molecule has 0 spiro atoms. The molecule has 21 heavy (non-hydrogen) atoms. The molecule has 0 radical (unpaired) electrons. The highest BCUT2D eigenvalue weighted by molar-refractivity contribution is 7.89. The lowest BCUT2D eigenvalue weighted by atomic mass is 10.2. The van der Waals surface area contributed by atoms with Crippen molar-refractivity contribution in [3.05, 3.63) is 24.4 Å². The molecule has 1 saturated carbocycles. The standard InChI is InChI=1S/C15H21N3O2S/c1-10(2)9-18(12-4-5-12)21(19,20)15-8-17-14-6-3-11(16)7-13(14)15/h3,6-8,10,12,17H,4-5,9,16H2,1-2H3. The number of anilines is 1. The number of hydrogen-bond acceptors (Lipinski definition) is 3. The molecule has 2 aromatic rings. The highest BCUT2D eigenvalue weighted by atomic mass is 32.2. The molecule has 1 aromatic carbocycles. The van der Waals surface area contributed by atoms with Gasteiger partial charge in [0.05, 0.1) is 0 Å². The number of nitrogens with two attached hydrogens (primary N) is 1. The summed E-state index contributed by atoms with van der Waals surface area (Å²) in [5.74, 6) is 0.302. The van der Waals surface area contributed by atoms with Gasteiger partial charge >= 0.3 is 0 Å². The van der Waals surface area contributed by atoms with Crippen molar-refractivity contribution >= 4 is 26.6 Å². The lowest BCUT2D eigenvalue weighted by molar-refractivity contribution is 0.360. The zero-order chi connectivity index (χ0) is 15.2. The number of nitrogen functional groups attached to an aromatic ring is 1. The van der Waals surface area contributed by atoms with Crippen LogP contribution in [0.3, 0.4) is 0 Å². The average Bonchev–Trinajstić information content (AvgIpc) is 3.14. The number of aromatic nitrogens is 1. The van der Waals surface area contributed by atoms with Crippen molar-refractivity contribution in [2.75, 3.05) is 12.3 Å². The van der Waals surface area contributed by atoms with Crippen molar-refractivity contribution in [3.8, 4) is 0 Å². The van der Waals surface area contributed by atoms with Gasteiger partial charge in [0.25, 0.3) is 0 Å². The number of nitrogens with one attached hydrogen (secondary N) is 1.